The topological polar surface area (TPSA) is 38.3 Å². The van der Waals surface area contributed by atoms with E-state index in [0.717, 1.165) is 6.07 Å². The van der Waals surface area contributed by atoms with Gasteiger partial charge in [0.2, 0.25) is 0 Å². The zero-order chi connectivity index (χ0) is 13.1. The zero-order valence-electron chi connectivity index (χ0n) is 10.0. The molecule has 0 unspecified atom stereocenters. The van der Waals surface area contributed by atoms with Gasteiger partial charge in [0.25, 0.3) is 0 Å². The predicted molar refractivity (Wildman–Crippen MR) is 60.7 cm³/mol. The standard InChI is InChI=1S/C12H15F2NO2/c1-12(2,3)17-10(16)7-15-9-6-4-5-8(13)11(9)14/h4-6,15H,7H2,1-3H3. The van der Waals surface area contributed by atoms with Crippen LogP contribution in [-0.2, 0) is 9.53 Å². The Balaban J connectivity index is 2.56. The molecule has 0 aromatic heterocycles. The van der Waals surface area contributed by atoms with E-state index in [4.69, 9.17) is 4.74 Å². The summed E-state index contributed by atoms with van der Waals surface area (Å²) in [5, 5.41) is 2.49. The lowest BCUT2D eigenvalue weighted by atomic mass is 10.2. The van der Waals surface area contributed by atoms with E-state index in [1.54, 1.807) is 20.8 Å². The van der Waals surface area contributed by atoms with Crippen LogP contribution in [0, 0.1) is 11.6 Å². The highest BCUT2D eigenvalue weighted by Crippen LogP contribution is 2.16. The number of esters is 1. The van der Waals surface area contributed by atoms with Crippen molar-refractivity contribution in [1.82, 2.24) is 0 Å². The van der Waals surface area contributed by atoms with Gasteiger partial charge in [-0.3, -0.25) is 4.79 Å². The van der Waals surface area contributed by atoms with Crippen molar-refractivity contribution < 1.29 is 18.3 Å². The van der Waals surface area contributed by atoms with Crippen LogP contribution in [0.1, 0.15) is 20.8 Å². The first kappa shape index (κ1) is 13.4. The summed E-state index contributed by atoms with van der Waals surface area (Å²) in [4.78, 5) is 11.3. The second kappa shape index (κ2) is 5.12. The van der Waals surface area contributed by atoms with Crippen LogP contribution in [0.15, 0.2) is 18.2 Å². The lowest BCUT2D eigenvalue weighted by Crippen LogP contribution is -2.28. The molecule has 3 nitrogen and oxygen atoms in total. The van der Waals surface area contributed by atoms with Gasteiger partial charge in [-0.2, -0.15) is 0 Å². The zero-order valence-corrected chi connectivity index (χ0v) is 10.0. The lowest BCUT2D eigenvalue weighted by molar-refractivity contribution is -0.152. The lowest BCUT2D eigenvalue weighted by Gasteiger charge is -2.19. The van der Waals surface area contributed by atoms with Crippen LogP contribution in [0.3, 0.4) is 0 Å². The Labute approximate surface area is 98.8 Å². The predicted octanol–water partition coefficient (Wildman–Crippen LogP) is 2.72. The Hall–Kier alpha value is -1.65. The van der Waals surface area contributed by atoms with Gasteiger partial charge in [0.15, 0.2) is 11.6 Å². The van der Waals surface area contributed by atoms with Crippen molar-refractivity contribution in [2.75, 3.05) is 11.9 Å². The molecule has 17 heavy (non-hydrogen) atoms. The number of ether oxygens (including phenoxy) is 1. The van der Waals surface area contributed by atoms with Gasteiger partial charge in [0, 0.05) is 0 Å². The Bertz CT molecular complexity index is 413. The normalized spacial score (nSPS) is 11.1. The maximum absolute atomic E-state index is 13.2. The molecular weight excluding hydrogens is 228 g/mol. The van der Waals surface area contributed by atoms with E-state index < -0.39 is 23.2 Å². The summed E-state index contributed by atoms with van der Waals surface area (Å²) in [5.41, 5.74) is -0.657. The molecule has 1 aromatic carbocycles. The number of rotatable bonds is 3. The van der Waals surface area contributed by atoms with Gasteiger partial charge in [0.1, 0.15) is 12.1 Å². The Morgan fingerprint density at radius 3 is 2.59 bits per heavy atom. The van der Waals surface area contributed by atoms with E-state index in [-0.39, 0.29) is 12.2 Å². The molecule has 0 aliphatic rings. The molecular formula is C12H15F2NO2. The fourth-order valence-electron chi connectivity index (χ4n) is 1.19. The maximum atomic E-state index is 13.2. The van der Waals surface area contributed by atoms with E-state index in [0.29, 0.717) is 0 Å². The van der Waals surface area contributed by atoms with E-state index >= 15 is 0 Å². The minimum atomic E-state index is -1.00. The van der Waals surface area contributed by atoms with Gasteiger partial charge in [-0.25, -0.2) is 8.78 Å². The minimum Gasteiger partial charge on any atom is -0.459 e. The molecule has 0 fully saturated rings. The van der Waals surface area contributed by atoms with Crippen molar-refractivity contribution in [3.05, 3.63) is 29.8 Å². The van der Waals surface area contributed by atoms with Gasteiger partial charge in [0.05, 0.1) is 5.69 Å². The van der Waals surface area contributed by atoms with Crippen molar-refractivity contribution in [1.29, 1.82) is 0 Å². The van der Waals surface area contributed by atoms with Crippen molar-refractivity contribution >= 4 is 11.7 Å². The molecule has 1 N–H and O–H groups in total. The highest BCUT2D eigenvalue weighted by atomic mass is 19.2. The van der Waals surface area contributed by atoms with Crippen molar-refractivity contribution in [2.45, 2.75) is 26.4 Å². The van der Waals surface area contributed by atoms with E-state index in [1.165, 1.54) is 12.1 Å². The second-order valence-corrected chi connectivity index (χ2v) is 4.54. The summed E-state index contributed by atoms with van der Waals surface area (Å²) in [7, 11) is 0. The number of hydrogen-bond acceptors (Lipinski definition) is 3. The Kier molecular flexibility index (Phi) is 4.04. The van der Waals surface area contributed by atoms with Crippen LogP contribution in [0.4, 0.5) is 14.5 Å². The smallest absolute Gasteiger partial charge is 0.325 e. The van der Waals surface area contributed by atoms with Crippen LogP contribution in [-0.4, -0.2) is 18.1 Å². The SMILES string of the molecule is CC(C)(C)OC(=O)CNc1cccc(F)c1F. The first-order valence-corrected chi connectivity index (χ1v) is 5.19. The van der Waals surface area contributed by atoms with E-state index in [2.05, 4.69) is 5.32 Å². The molecule has 0 atom stereocenters. The number of benzene rings is 1. The molecule has 0 aliphatic carbocycles. The van der Waals surface area contributed by atoms with Crippen LogP contribution in [0.25, 0.3) is 0 Å². The molecule has 0 bridgehead atoms. The van der Waals surface area contributed by atoms with Gasteiger partial charge in [-0.15, -0.1) is 0 Å². The molecule has 0 heterocycles. The van der Waals surface area contributed by atoms with Crippen molar-refractivity contribution in [2.24, 2.45) is 0 Å². The number of anilines is 1. The molecule has 1 rings (SSSR count). The summed E-state index contributed by atoms with van der Waals surface area (Å²) >= 11 is 0. The average molecular weight is 243 g/mol. The highest BCUT2D eigenvalue weighted by Gasteiger charge is 2.16. The van der Waals surface area contributed by atoms with Gasteiger partial charge in [-0.05, 0) is 32.9 Å². The maximum Gasteiger partial charge on any atom is 0.325 e. The van der Waals surface area contributed by atoms with Crippen molar-refractivity contribution in [3.8, 4) is 0 Å². The van der Waals surface area contributed by atoms with Crippen LogP contribution < -0.4 is 5.32 Å². The summed E-state index contributed by atoms with van der Waals surface area (Å²) in [6.45, 7) is 4.98. The number of carbonyl (C=O) groups excluding carboxylic acids is 1. The third-order valence-corrected chi connectivity index (χ3v) is 1.79. The molecule has 0 aliphatic heterocycles. The quantitative estimate of drug-likeness (QED) is 0.829. The number of carbonyl (C=O) groups is 1. The molecule has 0 amide bonds. The van der Waals surface area contributed by atoms with E-state index in [1.807, 2.05) is 0 Å². The first-order chi connectivity index (χ1) is 7.79. The molecule has 0 spiro atoms. The highest BCUT2D eigenvalue weighted by molar-refractivity contribution is 5.75. The number of nitrogens with one attached hydrogen (secondary N) is 1. The summed E-state index contributed by atoms with van der Waals surface area (Å²) in [6.07, 6.45) is 0. The second-order valence-electron chi connectivity index (χ2n) is 4.54. The monoisotopic (exact) mass is 243 g/mol. The molecule has 1 aromatic rings. The molecule has 0 saturated carbocycles. The fraction of sp³-hybridized carbons (Fsp3) is 0.417. The summed E-state index contributed by atoms with van der Waals surface area (Å²) < 4.78 is 31.1. The van der Waals surface area contributed by atoms with Gasteiger partial charge < -0.3 is 10.1 Å². The molecule has 0 saturated heterocycles. The van der Waals surface area contributed by atoms with Crippen LogP contribution in [0.5, 0.6) is 0 Å². The third-order valence-electron chi connectivity index (χ3n) is 1.79. The molecule has 5 heteroatoms. The Morgan fingerprint density at radius 2 is 2.00 bits per heavy atom. The number of halogens is 2. The van der Waals surface area contributed by atoms with Gasteiger partial charge >= 0.3 is 5.97 Å². The summed E-state index contributed by atoms with van der Waals surface area (Å²) in [6, 6.07) is 3.71. The molecule has 94 valence electrons. The van der Waals surface area contributed by atoms with Crippen LogP contribution in [0.2, 0.25) is 0 Å². The van der Waals surface area contributed by atoms with Crippen molar-refractivity contribution in [3.63, 3.8) is 0 Å². The fourth-order valence-corrected chi connectivity index (χ4v) is 1.19. The first-order valence-electron chi connectivity index (χ1n) is 5.19. The summed E-state index contributed by atoms with van der Waals surface area (Å²) in [5.74, 6) is -2.49. The van der Waals surface area contributed by atoms with E-state index in [9.17, 15) is 13.6 Å². The largest absolute Gasteiger partial charge is 0.459 e. The minimum absolute atomic E-state index is 0.0594. The number of hydrogen-bond donors (Lipinski definition) is 1. The third kappa shape index (κ3) is 4.38. The molecule has 0 radical (unpaired) electrons. The van der Waals surface area contributed by atoms with Gasteiger partial charge in [-0.1, -0.05) is 6.07 Å². The average Bonchev–Trinajstić information content (AvgIpc) is 2.18. The Morgan fingerprint density at radius 1 is 1.35 bits per heavy atom. The van der Waals surface area contributed by atoms with Crippen LogP contribution >= 0.6 is 0 Å².